The van der Waals surface area contributed by atoms with Crippen LogP contribution in [0.3, 0.4) is 0 Å². The molecule has 0 aromatic heterocycles. The van der Waals surface area contributed by atoms with E-state index < -0.39 is 0 Å². The smallest absolute Gasteiger partial charge is 0.315 e. The zero-order valence-corrected chi connectivity index (χ0v) is 10.8. The Morgan fingerprint density at radius 3 is 2.89 bits per heavy atom. The molecular weight excluding hydrogens is 242 g/mol. The van der Waals surface area contributed by atoms with E-state index in [1.54, 1.807) is 0 Å². The number of aryl methyl sites for hydroxylation is 1. The SMILES string of the molecule is NC(=O)CCCNC(=O)NC1CCc2ccccc21. The molecule has 1 aliphatic rings. The highest BCUT2D eigenvalue weighted by molar-refractivity contribution is 5.75. The monoisotopic (exact) mass is 261 g/mol. The lowest BCUT2D eigenvalue weighted by atomic mass is 10.1. The summed E-state index contributed by atoms with van der Waals surface area (Å²) in [6, 6.07) is 8.06. The van der Waals surface area contributed by atoms with Gasteiger partial charge < -0.3 is 16.4 Å². The molecule has 1 atom stereocenters. The van der Waals surface area contributed by atoms with E-state index in [2.05, 4.69) is 22.8 Å². The van der Waals surface area contributed by atoms with Crippen LogP contribution in [0.2, 0.25) is 0 Å². The number of hydrogen-bond donors (Lipinski definition) is 3. The number of carbonyl (C=O) groups is 2. The first-order valence-electron chi connectivity index (χ1n) is 6.57. The number of primary amides is 1. The quantitative estimate of drug-likeness (QED) is 0.697. The Balaban J connectivity index is 1.76. The third kappa shape index (κ3) is 3.71. The Morgan fingerprint density at radius 2 is 2.11 bits per heavy atom. The van der Waals surface area contributed by atoms with E-state index in [-0.39, 0.29) is 18.0 Å². The summed E-state index contributed by atoms with van der Waals surface area (Å²) in [4.78, 5) is 22.3. The van der Waals surface area contributed by atoms with Crippen molar-refractivity contribution in [1.82, 2.24) is 10.6 Å². The van der Waals surface area contributed by atoms with Gasteiger partial charge in [-0.25, -0.2) is 4.79 Å². The Morgan fingerprint density at radius 1 is 1.32 bits per heavy atom. The molecule has 0 bridgehead atoms. The van der Waals surface area contributed by atoms with Crippen LogP contribution in [0.1, 0.15) is 36.4 Å². The van der Waals surface area contributed by atoms with Gasteiger partial charge in [0.05, 0.1) is 6.04 Å². The molecule has 0 aliphatic heterocycles. The highest BCUT2D eigenvalue weighted by Crippen LogP contribution is 2.30. The maximum atomic E-state index is 11.7. The van der Waals surface area contributed by atoms with Gasteiger partial charge in [-0.2, -0.15) is 0 Å². The van der Waals surface area contributed by atoms with E-state index in [0.29, 0.717) is 19.4 Å². The van der Waals surface area contributed by atoms with Crippen LogP contribution in [-0.2, 0) is 11.2 Å². The normalized spacial score (nSPS) is 16.7. The molecule has 2 rings (SSSR count). The molecule has 1 aliphatic carbocycles. The van der Waals surface area contributed by atoms with Crippen LogP contribution in [0.5, 0.6) is 0 Å². The molecule has 0 saturated heterocycles. The van der Waals surface area contributed by atoms with E-state index in [9.17, 15) is 9.59 Å². The molecule has 1 aromatic rings. The number of fused-ring (bicyclic) bond motifs is 1. The minimum absolute atomic E-state index is 0.0901. The molecule has 19 heavy (non-hydrogen) atoms. The Labute approximate surface area is 112 Å². The third-order valence-corrected chi connectivity index (χ3v) is 3.32. The van der Waals surface area contributed by atoms with E-state index in [4.69, 9.17) is 5.73 Å². The van der Waals surface area contributed by atoms with Crippen molar-refractivity contribution < 1.29 is 9.59 Å². The van der Waals surface area contributed by atoms with Crippen molar-refractivity contribution in [3.8, 4) is 0 Å². The summed E-state index contributed by atoms with van der Waals surface area (Å²) in [7, 11) is 0. The highest BCUT2D eigenvalue weighted by Gasteiger charge is 2.22. The van der Waals surface area contributed by atoms with Crippen molar-refractivity contribution in [2.75, 3.05) is 6.54 Å². The average Bonchev–Trinajstić information content (AvgIpc) is 2.78. The lowest BCUT2D eigenvalue weighted by Crippen LogP contribution is -2.38. The first kappa shape index (κ1) is 13.4. The summed E-state index contributed by atoms with van der Waals surface area (Å²) < 4.78 is 0. The first-order chi connectivity index (χ1) is 9.16. The van der Waals surface area contributed by atoms with Crippen LogP contribution in [0.15, 0.2) is 24.3 Å². The standard InChI is InChI=1S/C14H19N3O2/c15-13(18)6-3-9-16-14(19)17-12-8-7-10-4-1-2-5-11(10)12/h1-2,4-5,12H,3,6-9H2,(H2,15,18)(H2,16,17,19). The highest BCUT2D eigenvalue weighted by atomic mass is 16.2. The second-order valence-electron chi connectivity index (χ2n) is 4.76. The zero-order chi connectivity index (χ0) is 13.7. The fourth-order valence-electron chi connectivity index (χ4n) is 2.38. The fourth-order valence-corrected chi connectivity index (χ4v) is 2.38. The number of urea groups is 1. The van der Waals surface area contributed by atoms with Gasteiger partial charge in [-0.05, 0) is 30.4 Å². The van der Waals surface area contributed by atoms with Crippen molar-refractivity contribution in [3.63, 3.8) is 0 Å². The number of carbonyl (C=O) groups excluding carboxylic acids is 2. The lowest BCUT2D eigenvalue weighted by molar-refractivity contribution is -0.118. The second-order valence-corrected chi connectivity index (χ2v) is 4.76. The van der Waals surface area contributed by atoms with Crippen molar-refractivity contribution in [3.05, 3.63) is 35.4 Å². The molecule has 5 heteroatoms. The van der Waals surface area contributed by atoms with Gasteiger partial charge in [0.2, 0.25) is 5.91 Å². The molecule has 1 aromatic carbocycles. The van der Waals surface area contributed by atoms with Crippen molar-refractivity contribution in [1.29, 1.82) is 0 Å². The van der Waals surface area contributed by atoms with Crippen LogP contribution in [0, 0.1) is 0 Å². The third-order valence-electron chi connectivity index (χ3n) is 3.32. The molecule has 0 spiro atoms. The van der Waals surface area contributed by atoms with E-state index in [0.717, 1.165) is 12.8 Å². The summed E-state index contributed by atoms with van der Waals surface area (Å²) in [5, 5.41) is 5.69. The van der Waals surface area contributed by atoms with Gasteiger partial charge in [0.15, 0.2) is 0 Å². The van der Waals surface area contributed by atoms with Crippen molar-refractivity contribution in [2.45, 2.75) is 31.7 Å². The summed E-state index contributed by atoms with van der Waals surface area (Å²) >= 11 is 0. The largest absolute Gasteiger partial charge is 0.370 e. The molecular formula is C14H19N3O2. The second kappa shape index (κ2) is 6.22. The molecule has 1 unspecified atom stereocenters. The molecule has 0 fully saturated rings. The number of hydrogen-bond acceptors (Lipinski definition) is 2. The summed E-state index contributed by atoms with van der Waals surface area (Å²) in [5.74, 6) is -0.341. The Hall–Kier alpha value is -2.04. The zero-order valence-electron chi connectivity index (χ0n) is 10.8. The van der Waals surface area contributed by atoms with Gasteiger partial charge in [-0.3, -0.25) is 4.79 Å². The topological polar surface area (TPSA) is 84.2 Å². The van der Waals surface area contributed by atoms with Gasteiger partial charge in [-0.15, -0.1) is 0 Å². The number of benzene rings is 1. The van der Waals surface area contributed by atoms with E-state index in [1.807, 2.05) is 12.1 Å². The number of rotatable bonds is 5. The summed E-state index contributed by atoms with van der Waals surface area (Å²) in [5.41, 5.74) is 7.54. The number of nitrogens with two attached hydrogens (primary N) is 1. The van der Waals surface area contributed by atoms with Gasteiger partial charge >= 0.3 is 6.03 Å². The Kier molecular flexibility index (Phi) is 4.39. The predicted octanol–water partition coefficient (Wildman–Crippen LogP) is 1.24. The van der Waals surface area contributed by atoms with E-state index >= 15 is 0 Å². The molecule has 3 amide bonds. The Bertz CT molecular complexity index is 474. The van der Waals surface area contributed by atoms with Crippen LogP contribution in [0.4, 0.5) is 4.79 Å². The van der Waals surface area contributed by atoms with Gasteiger partial charge in [-0.1, -0.05) is 24.3 Å². The number of nitrogens with one attached hydrogen (secondary N) is 2. The van der Waals surface area contributed by atoms with Crippen molar-refractivity contribution >= 4 is 11.9 Å². The molecule has 102 valence electrons. The summed E-state index contributed by atoms with van der Waals surface area (Å²) in [6.07, 6.45) is 2.81. The van der Waals surface area contributed by atoms with Gasteiger partial charge in [0, 0.05) is 13.0 Å². The van der Waals surface area contributed by atoms with Gasteiger partial charge in [0.1, 0.15) is 0 Å². The maximum Gasteiger partial charge on any atom is 0.315 e. The minimum Gasteiger partial charge on any atom is -0.370 e. The predicted molar refractivity (Wildman–Crippen MR) is 72.5 cm³/mol. The molecule has 0 saturated carbocycles. The number of amides is 3. The van der Waals surface area contributed by atoms with Crippen LogP contribution < -0.4 is 16.4 Å². The van der Waals surface area contributed by atoms with Crippen LogP contribution in [-0.4, -0.2) is 18.5 Å². The molecule has 4 N–H and O–H groups in total. The summed E-state index contributed by atoms with van der Waals surface area (Å²) in [6.45, 7) is 0.461. The molecule has 0 radical (unpaired) electrons. The molecule has 0 heterocycles. The minimum atomic E-state index is -0.341. The van der Waals surface area contributed by atoms with E-state index in [1.165, 1.54) is 11.1 Å². The lowest BCUT2D eigenvalue weighted by Gasteiger charge is -2.14. The first-order valence-corrected chi connectivity index (χ1v) is 6.57. The fraction of sp³-hybridized carbons (Fsp3) is 0.429. The van der Waals surface area contributed by atoms with Crippen molar-refractivity contribution in [2.24, 2.45) is 5.73 Å². The van der Waals surface area contributed by atoms with Gasteiger partial charge in [0.25, 0.3) is 0 Å². The van der Waals surface area contributed by atoms with Crippen LogP contribution in [0.25, 0.3) is 0 Å². The maximum absolute atomic E-state index is 11.7. The van der Waals surface area contributed by atoms with Crippen LogP contribution >= 0.6 is 0 Å². The molecule has 5 nitrogen and oxygen atoms in total. The average molecular weight is 261 g/mol.